The summed E-state index contributed by atoms with van der Waals surface area (Å²) in [6, 6.07) is 0. The van der Waals surface area contributed by atoms with E-state index in [4.69, 9.17) is 4.43 Å². The highest BCUT2D eigenvalue weighted by Crippen LogP contribution is 2.38. The van der Waals surface area contributed by atoms with Gasteiger partial charge in [-0.1, -0.05) is 71.8 Å². The molecule has 1 N–H and O–H groups in total. The third-order valence-electron chi connectivity index (χ3n) is 4.96. The van der Waals surface area contributed by atoms with E-state index in [2.05, 4.69) is 84.9 Å². The van der Waals surface area contributed by atoms with Crippen LogP contribution in [0.4, 0.5) is 0 Å². The molecule has 0 aromatic rings. The maximum atomic E-state index is 10.2. The normalized spacial score (nSPS) is 18.3. The van der Waals surface area contributed by atoms with Crippen LogP contribution >= 0.6 is 0 Å². The van der Waals surface area contributed by atoms with Crippen molar-refractivity contribution in [3.05, 3.63) is 35.6 Å². The summed E-state index contributed by atoms with van der Waals surface area (Å²) in [5, 5.41) is 10.4. The molecule has 0 amide bonds. The first-order valence-electron chi connectivity index (χ1n) is 9.37. The first-order valence-corrected chi connectivity index (χ1v) is 15.9. The largest absolute Gasteiger partial charge is 0.410 e. The van der Waals surface area contributed by atoms with Gasteiger partial charge in [0.1, 0.15) is 0 Å². The van der Waals surface area contributed by atoms with Gasteiger partial charge in [0.25, 0.3) is 0 Å². The Hall–Kier alpha value is -0.426. The second-order valence-corrected chi connectivity index (χ2v) is 19.9. The minimum atomic E-state index is -1.87. The summed E-state index contributed by atoms with van der Waals surface area (Å²) in [5.74, 6) is 0.204. The van der Waals surface area contributed by atoms with Gasteiger partial charge >= 0.3 is 0 Å². The Bertz CT molecular complexity index is 505. The highest BCUT2D eigenvalue weighted by molar-refractivity contribution is 6.81. The topological polar surface area (TPSA) is 29.5 Å². The van der Waals surface area contributed by atoms with Crippen LogP contribution in [0.3, 0.4) is 0 Å². The zero-order valence-corrected chi connectivity index (χ0v) is 20.5. The van der Waals surface area contributed by atoms with E-state index < -0.39 is 22.5 Å². The van der Waals surface area contributed by atoms with E-state index in [0.29, 0.717) is 0 Å². The maximum absolute atomic E-state index is 10.2. The molecule has 0 fully saturated rings. The van der Waals surface area contributed by atoms with Crippen molar-refractivity contribution in [2.24, 2.45) is 5.92 Å². The number of hydrogen-bond donors (Lipinski definition) is 1. The zero-order valence-electron chi connectivity index (χ0n) is 18.5. The highest BCUT2D eigenvalue weighted by atomic mass is 28.4. The van der Waals surface area contributed by atoms with Crippen molar-refractivity contribution in [3.63, 3.8) is 0 Å². The molecule has 0 aromatic heterocycles. The van der Waals surface area contributed by atoms with E-state index in [1.54, 1.807) is 0 Å². The van der Waals surface area contributed by atoms with E-state index in [0.717, 1.165) is 11.1 Å². The molecule has 0 radical (unpaired) electrons. The molecule has 146 valence electrons. The first-order chi connectivity index (χ1) is 11.0. The Morgan fingerprint density at radius 3 is 1.92 bits per heavy atom. The molecule has 3 atom stereocenters. The number of aliphatic hydroxyl groups is 1. The van der Waals surface area contributed by atoms with Crippen LogP contribution < -0.4 is 0 Å². The van der Waals surface area contributed by atoms with E-state index >= 15 is 0 Å². The molecule has 0 heterocycles. The summed E-state index contributed by atoms with van der Waals surface area (Å²) in [6.45, 7) is 28.3. The third kappa shape index (κ3) is 8.67. The van der Waals surface area contributed by atoms with Crippen LogP contribution in [0.5, 0.6) is 0 Å². The van der Waals surface area contributed by atoms with Crippen LogP contribution in [0.2, 0.25) is 37.8 Å². The molecule has 4 heteroatoms. The quantitative estimate of drug-likeness (QED) is 0.392. The van der Waals surface area contributed by atoms with Gasteiger partial charge in [0.2, 0.25) is 0 Å². The Labute approximate surface area is 159 Å². The molecule has 0 spiro atoms. The van der Waals surface area contributed by atoms with Crippen molar-refractivity contribution in [1.29, 1.82) is 0 Å². The van der Waals surface area contributed by atoms with Gasteiger partial charge in [-0.3, -0.25) is 0 Å². The predicted molar refractivity (Wildman–Crippen MR) is 118 cm³/mol. The summed E-state index contributed by atoms with van der Waals surface area (Å²) >= 11 is 0. The smallest absolute Gasteiger partial charge is 0.192 e. The van der Waals surface area contributed by atoms with E-state index in [-0.39, 0.29) is 17.1 Å². The van der Waals surface area contributed by atoms with Crippen LogP contribution in [-0.2, 0) is 4.43 Å². The van der Waals surface area contributed by atoms with Crippen LogP contribution in [0.15, 0.2) is 35.6 Å². The Morgan fingerprint density at radius 2 is 1.56 bits per heavy atom. The highest BCUT2D eigenvalue weighted by Gasteiger charge is 2.39. The standard InChI is InChI=1S/C21H42O2Si2/c1-16(2)20(22)18(4)15-17(3)19(13-14-24(8,9)10)23-25(11,12)21(5,6)7/h13-15,17,19-20,22H,1H2,2-12H3/b14-13+,18-15+/t17-,19+,20?/m1/s1. The van der Waals surface area contributed by atoms with Crippen molar-refractivity contribution in [2.45, 2.75) is 91.5 Å². The van der Waals surface area contributed by atoms with Gasteiger partial charge < -0.3 is 9.53 Å². The molecule has 1 unspecified atom stereocenters. The average Bonchev–Trinajstić information content (AvgIpc) is 2.39. The molecule has 2 nitrogen and oxygen atoms in total. The monoisotopic (exact) mass is 382 g/mol. The predicted octanol–water partition coefficient (Wildman–Crippen LogP) is 6.33. The van der Waals surface area contributed by atoms with Crippen LogP contribution in [0.25, 0.3) is 0 Å². The van der Waals surface area contributed by atoms with Crippen molar-refractivity contribution in [2.75, 3.05) is 0 Å². The van der Waals surface area contributed by atoms with Crippen LogP contribution in [0.1, 0.15) is 41.5 Å². The lowest BCUT2D eigenvalue weighted by molar-refractivity contribution is 0.187. The summed E-state index contributed by atoms with van der Waals surface area (Å²) in [5.41, 5.74) is 4.10. The molecule has 25 heavy (non-hydrogen) atoms. The summed E-state index contributed by atoms with van der Waals surface area (Å²) in [7, 11) is -3.17. The Kier molecular flexibility index (Phi) is 8.83. The minimum Gasteiger partial charge on any atom is -0.410 e. The summed E-state index contributed by atoms with van der Waals surface area (Å²) in [6.07, 6.45) is 3.89. The molecule has 0 aliphatic rings. The number of aliphatic hydroxyl groups excluding tert-OH is 1. The molecule has 0 saturated carbocycles. The third-order valence-corrected chi connectivity index (χ3v) is 10.6. The summed E-state index contributed by atoms with van der Waals surface area (Å²) < 4.78 is 6.73. The molecule has 0 rings (SSSR count). The van der Waals surface area contributed by atoms with Gasteiger partial charge in [-0.25, -0.2) is 0 Å². The van der Waals surface area contributed by atoms with Crippen LogP contribution in [-0.4, -0.2) is 33.7 Å². The average molecular weight is 383 g/mol. The van der Waals surface area contributed by atoms with Gasteiger partial charge in [-0.15, -0.1) is 0 Å². The molecule has 0 saturated heterocycles. The molecular formula is C21H42O2Si2. The van der Waals surface area contributed by atoms with E-state index in [1.807, 2.05) is 13.8 Å². The molecule has 0 aliphatic carbocycles. The molecule has 0 aromatic carbocycles. The number of hydrogen-bond acceptors (Lipinski definition) is 2. The van der Waals surface area contributed by atoms with Gasteiger partial charge in [0.15, 0.2) is 8.32 Å². The van der Waals surface area contributed by atoms with Gasteiger partial charge in [0, 0.05) is 5.92 Å². The van der Waals surface area contributed by atoms with Crippen LogP contribution in [0, 0.1) is 5.92 Å². The van der Waals surface area contributed by atoms with E-state index in [1.165, 1.54) is 0 Å². The molecule has 0 aliphatic heterocycles. The first kappa shape index (κ1) is 24.6. The SMILES string of the molecule is C=C(C)C(O)/C(C)=C/[C@@H](C)[C@H](/C=C/[Si](C)(C)C)O[Si](C)(C)C(C)(C)C. The fraction of sp³-hybridized carbons (Fsp3) is 0.714. The number of rotatable bonds is 8. The lowest BCUT2D eigenvalue weighted by atomic mass is 9.97. The lowest BCUT2D eigenvalue weighted by Crippen LogP contribution is -2.45. The van der Waals surface area contributed by atoms with Gasteiger partial charge in [0.05, 0.1) is 20.3 Å². The van der Waals surface area contributed by atoms with E-state index in [9.17, 15) is 5.11 Å². The van der Waals surface area contributed by atoms with Crippen molar-refractivity contribution >= 4 is 16.4 Å². The van der Waals surface area contributed by atoms with Gasteiger partial charge in [-0.2, -0.15) is 0 Å². The fourth-order valence-electron chi connectivity index (χ4n) is 2.21. The van der Waals surface area contributed by atoms with Crippen molar-refractivity contribution in [1.82, 2.24) is 0 Å². The second-order valence-electron chi connectivity index (χ2n) is 10.1. The molecule has 0 bridgehead atoms. The van der Waals surface area contributed by atoms with Crippen molar-refractivity contribution < 1.29 is 9.53 Å². The maximum Gasteiger partial charge on any atom is 0.192 e. The molecular weight excluding hydrogens is 340 g/mol. The van der Waals surface area contributed by atoms with Gasteiger partial charge in [-0.05, 0) is 43.1 Å². The fourth-order valence-corrected chi connectivity index (χ4v) is 4.31. The Balaban J connectivity index is 5.64. The Morgan fingerprint density at radius 1 is 1.08 bits per heavy atom. The van der Waals surface area contributed by atoms with Crippen molar-refractivity contribution in [3.8, 4) is 0 Å². The second kappa shape index (κ2) is 8.98. The zero-order chi connectivity index (χ0) is 20.2. The minimum absolute atomic E-state index is 0.0416. The summed E-state index contributed by atoms with van der Waals surface area (Å²) in [4.78, 5) is 0. The lowest BCUT2D eigenvalue weighted by Gasteiger charge is -2.40.